The summed E-state index contributed by atoms with van der Waals surface area (Å²) in [5, 5.41) is 11.7. The molecular formula is C18H16N4O2. The number of rotatable bonds is 5. The molecule has 0 unspecified atom stereocenters. The maximum atomic E-state index is 12.4. The third-order valence-electron chi connectivity index (χ3n) is 3.32. The first-order chi connectivity index (χ1) is 11.8. The van der Waals surface area contributed by atoms with Crippen LogP contribution in [0.15, 0.2) is 60.7 Å². The van der Waals surface area contributed by atoms with Gasteiger partial charge in [-0.1, -0.05) is 60.7 Å². The van der Waals surface area contributed by atoms with Crippen molar-refractivity contribution < 1.29 is 9.53 Å². The summed E-state index contributed by atoms with van der Waals surface area (Å²) in [6.07, 6.45) is 1.71. The molecule has 6 nitrogen and oxygen atoms in total. The summed E-state index contributed by atoms with van der Waals surface area (Å²) in [5.74, 6) is -0.00308. The standard InChI is InChI=1S/C18H16N4O2/c1-2-24-18(23)16(13-14-9-5-3-6-10-14)22-17(19-20-21-22)15-11-7-4-8-12-15/h3-13H,2H2,1H3/b16-13+. The van der Waals surface area contributed by atoms with Gasteiger partial charge < -0.3 is 4.74 Å². The van der Waals surface area contributed by atoms with Gasteiger partial charge in [-0.3, -0.25) is 0 Å². The molecule has 0 saturated carbocycles. The van der Waals surface area contributed by atoms with Crippen molar-refractivity contribution in [3.8, 4) is 11.4 Å². The van der Waals surface area contributed by atoms with Crippen LogP contribution in [0.4, 0.5) is 0 Å². The molecule has 0 aliphatic heterocycles. The average Bonchev–Trinajstić information content (AvgIpc) is 3.11. The van der Waals surface area contributed by atoms with Gasteiger partial charge in [0.2, 0.25) is 0 Å². The Balaban J connectivity index is 2.09. The van der Waals surface area contributed by atoms with E-state index in [1.54, 1.807) is 13.0 Å². The monoisotopic (exact) mass is 320 g/mol. The predicted molar refractivity (Wildman–Crippen MR) is 90.5 cm³/mol. The van der Waals surface area contributed by atoms with Gasteiger partial charge in [0.25, 0.3) is 0 Å². The molecule has 24 heavy (non-hydrogen) atoms. The van der Waals surface area contributed by atoms with E-state index in [0.29, 0.717) is 5.82 Å². The Labute approximate surface area is 139 Å². The quantitative estimate of drug-likeness (QED) is 0.534. The van der Waals surface area contributed by atoms with Gasteiger partial charge >= 0.3 is 5.97 Å². The van der Waals surface area contributed by atoms with Crippen molar-refractivity contribution in [1.29, 1.82) is 0 Å². The molecule has 2 aromatic carbocycles. The van der Waals surface area contributed by atoms with Crippen molar-refractivity contribution in [2.75, 3.05) is 6.61 Å². The van der Waals surface area contributed by atoms with Crippen molar-refractivity contribution in [1.82, 2.24) is 20.2 Å². The SMILES string of the molecule is CCOC(=O)/C(=C\c1ccccc1)n1nnnc1-c1ccccc1. The van der Waals surface area contributed by atoms with E-state index in [2.05, 4.69) is 15.5 Å². The Bertz CT molecular complexity index is 842. The molecule has 0 saturated heterocycles. The minimum Gasteiger partial charge on any atom is -0.461 e. The molecule has 3 rings (SSSR count). The second kappa shape index (κ2) is 7.32. The largest absolute Gasteiger partial charge is 0.461 e. The molecule has 0 aliphatic carbocycles. The number of esters is 1. The zero-order chi connectivity index (χ0) is 16.8. The number of carbonyl (C=O) groups excluding carboxylic acids is 1. The molecule has 0 fully saturated rings. The Morgan fingerprint density at radius 1 is 1.08 bits per heavy atom. The first-order valence-corrected chi connectivity index (χ1v) is 7.57. The number of benzene rings is 2. The van der Waals surface area contributed by atoms with Crippen LogP contribution in [0, 0.1) is 0 Å². The van der Waals surface area contributed by atoms with Crippen molar-refractivity contribution in [2.45, 2.75) is 6.92 Å². The highest BCUT2D eigenvalue weighted by Crippen LogP contribution is 2.21. The van der Waals surface area contributed by atoms with Gasteiger partial charge in [0, 0.05) is 5.56 Å². The Morgan fingerprint density at radius 3 is 2.42 bits per heavy atom. The van der Waals surface area contributed by atoms with Gasteiger partial charge in [-0.05, 0) is 29.0 Å². The molecule has 1 aromatic heterocycles. The second-order valence-electron chi connectivity index (χ2n) is 4.94. The minimum absolute atomic E-state index is 0.256. The predicted octanol–water partition coefficient (Wildman–Crippen LogP) is 2.90. The van der Waals surface area contributed by atoms with Gasteiger partial charge in [0.05, 0.1) is 6.61 Å². The van der Waals surface area contributed by atoms with Crippen LogP contribution in [0.2, 0.25) is 0 Å². The molecule has 0 spiro atoms. The van der Waals surface area contributed by atoms with Crippen LogP contribution in [0.3, 0.4) is 0 Å². The molecular weight excluding hydrogens is 304 g/mol. The zero-order valence-corrected chi connectivity index (χ0v) is 13.2. The summed E-state index contributed by atoms with van der Waals surface area (Å²) in [6, 6.07) is 18.9. The minimum atomic E-state index is -0.481. The fourth-order valence-corrected chi connectivity index (χ4v) is 2.24. The fourth-order valence-electron chi connectivity index (χ4n) is 2.24. The van der Waals surface area contributed by atoms with Crippen LogP contribution in [-0.4, -0.2) is 32.8 Å². The normalized spacial score (nSPS) is 11.3. The summed E-state index contributed by atoms with van der Waals surface area (Å²) < 4.78 is 6.57. The maximum Gasteiger partial charge on any atom is 0.357 e. The van der Waals surface area contributed by atoms with Crippen molar-refractivity contribution in [2.24, 2.45) is 0 Å². The lowest BCUT2D eigenvalue weighted by molar-refractivity contribution is -0.136. The third kappa shape index (κ3) is 3.38. The first-order valence-electron chi connectivity index (χ1n) is 7.57. The molecule has 1 heterocycles. The molecule has 3 aromatic rings. The smallest absolute Gasteiger partial charge is 0.357 e. The second-order valence-corrected chi connectivity index (χ2v) is 4.94. The van der Waals surface area contributed by atoms with Crippen LogP contribution < -0.4 is 0 Å². The van der Waals surface area contributed by atoms with Crippen molar-refractivity contribution in [3.05, 3.63) is 66.2 Å². The van der Waals surface area contributed by atoms with Crippen LogP contribution in [-0.2, 0) is 9.53 Å². The Morgan fingerprint density at radius 2 is 1.75 bits per heavy atom. The highest BCUT2D eigenvalue weighted by atomic mass is 16.5. The summed E-state index contributed by atoms with van der Waals surface area (Å²) in [5.41, 5.74) is 1.92. The molecule has 0 atom stereocenters. The van der Waals surface area contributed by atoms with Crippen molar-refractivity contribution >= 4 is 17.7 Å². The number of hydrogen-bond acceptors (Lipinski definition) is 5. The highest BCUT2D eigenvalue weighted by Gasteiger charge is 2.20. The fraction of sp³-hybridized carbons (Fsp3) is 0.111. The molecule has 0 aliphatic rings. The van der Waals surface area contributed by atoms with Crippen LogP contribution in [0.1, 0.15) is 12.5 Å². The topological polar surface area (TPSA) is 69.9 Å². The number of hydrogen-bond donors (Lipinski definition) is 0. The average molecular weight is 320 g/mol. The first kappa shape index (κ1) is 15.6. The summed E-state index contributed by atoms with van der Waals surface area (Å²) in [6.45, 7) is 2.03. The summed E-state index contributed by atoms with van der Waals surface area (Å²) in [4.78, 5) is 12.4. The molecule has 0 N–H and O–H groups in total. The van der Waals surface area contributed by atoms with E-state index in [1.165, 1.54) is 4.68 Å². The van der Waals surface area contributed by atoms with E-state index in [9.17, 15) is 4.79 Å². The lowest BCUT2D eigenvalue weighted by Crippen LogP contribution is -2.14. The number of tetrazole rings is 1. The molecule has 6 heteroatoms. The summed E-state index contributed by atoms with van der Waals surface area (Å²) in [7, 11) is 0. The van der Waals surface area contributed by atoms with Gasteiger partial charge in [0.15, 0.2) is 11.5 Å². The zero-order valence-electron chi connectivity index (χ0n) is 13.2. The van der Waals surface area contributed by atoms with Gasteiger partial charge in [-0.25, -0.2) is 4.79 Å². The van der Waals surface area contributed by atoms with Crippen LogP contribution >= 0.6 is 0 Å². The van der Waals surface area contributed by atoms with Gasteiger partial charge in [-0.15, -0.1) is 5.10 Å². The lowest BCUT2D eigenvalue weighted by atomic mass is 10.2. The third-order valence-corrected chi connectivity index (χ3v) is 3.32. The van der Waals surface area contributed by atoms with Crippen molar-refractivity contribution in [3.63, 3.8) is 0 Å². The number of aromatic nitrogens is 4. The number of nitrogens with zero attached hydrogens (tertiary/aromatic N) is 4. The van der Waals surface area contributed by atoms with E-state index in [-0.39, 0.29) is 12.3 Å². The van der Waals surface area contributed by atoms with Crippen LogP contribution in [0.5, 0.6) is 0 Å². The molecule has 0 radical (unpaired) electrons. The Kier molecular flexibility index (Phi) is 4.76. The van der Waals surface area contributed by atoms with Gasteiger partial charge in [-0.2, -0.15) is 4.68 Å². The maximum absolute atomic E-state index is 12.4. The molecule has 0 bridgehead atoms. The molecule has 0 amide bonds. The van der Waals surface area contributed by atoms with E-state index in [0.717, 1.165) is 11.1 Å². The summed E-state index contributed by atoms with van der Waals surface area (Å²) >= 11 is 0. The number of ether oxygens (including phenoxy) is 1. The molecule has 120 valence electrons. The van der Waals surface area contributed by atoms with E-state index in [4.69, 9.17) is 4.74 Å². The Hall–Kier alpha value is -3.28. The van der Waals surface area contributed by atoms with Crippen LogP contribution in [0.25, 0.3) is 23.2 Å². The van der Waals surface area contributed by atoms with E-state index in [1.807, 2.05) is 60.7 Å². The lowest BCUT2D eigenvalue weighted by Gasteiger charge is -2.09. The van der Waals surface area contributed by atoms with E-state index < -0.39 is 5.97 Å². The highest BCUT2D eigenvalue weighted by molar-refractivity contribution is 6.15. The van der Waals surface area contributed by atoms with E-state index >= 15 is 0 Å². The number of carbonyl (C=O) groups is 1. The van der Waals surface area contributed by atoms with Gasteiger partial charge in [0.1, 0.15) is 0 Å².